The van der Waals surface area contributed by atoms with Crippen LogP contribution in [0.15, 0.2) is 29.6 Å². The van der Waals surface area contributed by atoms with Crippen molar-refractivity contribution in [2.75, 3.05) is 18.2 Å². The summed E-state index contributed by atoms with van der Waals surface area (Å²) in [5, 5.41) is 5.20. The van der Waals surface area contributed by atoms with E-state index in [9.17, 15) is 9.59 Å². The Labute approximate surface area is 170 Å². The van der Waals surface area contributed by atoms with Crippen molar-refractivity contribution in [1.82, 2.24) is 4.98 Å². The quantitative estimate of drug-likeness (QED) is 0.528. The van der Waals surface area contributed by atoms with Crippen LogP contribution in [-0.4, -0.2) is 24.0 Å². The number of nitrogens with two attached hydrogens (primary N) is 1. The molecule has 3 N–H and O–H groups in total. The van der Waals surface area contributed by atoms with Gasteiger partial charge in [0, 0.05) is 11.1 Å². The van der Waals surface area contributed by atoms with E-state index in [0.717, 1.165) is 12.0 Å². The third kappa shape index (κ3) is 5.79. The Morgan fingerprint density at radius 2 is 1.96 bits per heavy atom. The fourth-order valence-electron chi connectivity index (χ4n) is 3.56. The first kappa shape index (κ1) is 21.9. The molecule has 1 heterocycles. The molecule has 0 aliphatic heterocycles. The summed E-state index contributed by atoms with van der Waals surface area (Å²) >= 11 is 1.32. The fourth-order valence-corrected chi connectivity index (χ4v) is 4.27. The third-order valence-electron chi connectivity index (χ3n) is 5.03. The third-order valence-corrected chi connectivity index (χ3v) is 5.84. The normalized spacial score (nSPS) is 14.9. The van der Waals surface area contributed by atoms with Crippen LogP contribution in [0.4, 0.5) is 10.8 Å². The number of methoxy groups -OCH3 is 1. The predicted octanol–water partition coefficient (Wildman–Crippen LogP) is 4.38. The number of anilines is 2. The van der Waals surface area contributed by atoms with Crippen LogP contribution >= 0.6 is 11.3 Å². The van der Waals surface area contributed by atoms with Gasteiger partial charge < -0.3 is 15.8 Å². The highest BCUT2D eigenvalue weighted by Crippen LogP contribution is 2.35. The monoisotopic (exact) mass is 403 g/mol. The van der Waals surface area contributed by atoms with Crippen LogP contribution in [0.25, 0.3) is 0 Å². The largest absolute Gasteiger partial charge is 0.469 e. The number of nitrogen functional groups attached to an aromatic ring is 1. The topological polar surface area (TPSA) is 94.3 Å². The number of aromatic nitrogens is 1. The maximum absolute atomic E-state index is 13.0. The van der Waals surface area contributed by atoms with Crippen molar-refractivity contribution >= 4 is 34.0 Å². The fraction of sp³-hybridized carbons (Fsp3) is 0.476. The predicted molar refractivity (Wildman–Crippen MR) is 113 cm³/mol. The standard InChI is InChI=1S/C20H25N3O3S.CH4/c1-26-18(24)11-16-12-27-20(22-16)23-19(25)17(10-13-4-2-3-5-13)14-6-8-15(21)9-7-14;/h6-9,12-13,17H,2-5,10-11,21H2,1H3,(H,22,23,25);1H4. The van der Waals surface area contributed by atoms with Gasteiger partial charge >= 0.3 is 5.97 Å². The van der Waals surface area contributed by atoms with E-state index in [1.54, 1.807) is 5.38 Å². The number of carbonyl (C=O) groups excluding carboxylic acids is 2. The van der Waals surface area contributed by atoms with Crippen molar-refractivity contribution in [3.63, 3.8) is 0 Å². The van der Waals surface area contributed by atoms with Gasteiger partial charge in [-0.25, -0.2) is 4.98 Å². The molecule has 2 aromatic rings. The molecule has 1 saturated carbocycles. The summed E-state index contributed by atoms with van der Waals surface area (Å²) in [6.07, 6.45) is 5.77. The minimum Gasteiger partial charge on any atom is -0.469 e. The van der Waals surface area contributed by atoms with E-state index in [4.69, 9.17) is 5.73 Å². The Kier molecular flexibility index (Phi) is 7.99. The molecule has 1 aromatic heterocycles. The Morgan fingerprint density at radius 1 is 1.29 bits per heavy atom. The zero-order chi connectivity index (χ0) is 19.2. The van der Waals surface area contributed by atoms with Gasteiger partial charge in [0.15, 0.2) is 5.13 Å². The van der Waals surface area contributed by atoms with Crippen molar-refractivity contribution in [1.29, 1.82) is 0 Å². The van der Waals surface area contributed by atoms with Gasteiger partial charge in [0.2, 0.25) is 5.91 Å². The van der Waals surface area contributed by atoms with Crippen molar-refractivity contribution in [3.05, 3.63) is 40.9 Å². The summed E-state index contributed by atoms with van der Waals surface area (Å²) in [6, 6.07) is 7.53. The molecule has 0 spiro atoms. The molecule has 0 radical (unpaired) electrons. The second-order valence-electron chi connectivity index (χ2n) is 6.99. The highest BCUT2D eigenvalue weighted by Gasteiger charge is 2.27. The van der Waals surface area contributed by atoms with Gasteiger partial charge in [-0.3, -0.25) is 9.59 Å². The molecule has 0 saturated heterocycles. The Hall–Kier alpha value is -2.41. The number of carbonyl (C=O) groups is 2. The zero-order valence-corrected chi connectivity index (χ0v) is 16.3. The molecule has 28 heavy (non-hydrogen) atoms. The molecule has 152 valence electrons. The first-order valence-electron chi connectivity index (χ1n) is 9.22. The number of hydrogen-bond acceptors (Lipinski definition) is 6. The van der Waals surface area contributed by atoms with Crippen LogP contribution in [0.2, 0.25) is 0 Å². The molecule has 1 unspecified atom stereocenters. The lowest BCUT2D eigenvalue weighted by atomic mass is 9.87. The molecule has 1 aromatic carbocycles. The van der Waals surface area contributed by atoms with Crippen LogP contribution in [0.1, 0.15) is 56.7 Å². The molecule has 6 nitrogen and oxygen atoms in total. The maximum atomic E-state index is 13.0. The number of nitrogens with one attached hydrogen (secondary N) is 1. The van der Waals surface area contributed by atoms with Crippen molar-refractivity contribution in [2.24, 2.45) is 5.92 Å². The molecule has 1 aliphatic carbocycles. The smallest absolute Gasteiger partial charge is 0.311 e. The van der Waals surface area contributed by atoms with Gasteiger partial charge in [0.25, 0.3) is 0 Å². The number of amides is 1. The lowest BCUT2D eigenvalue weighted by molar-refractivity contribution is -0.139. The van der Waals surface area contributed by atoms with E-state index in [1.165, 1.54) is 44.1 Å². The molecule has 1 aliphatic rings. The van der Waals surface area contributed by atoms with Crippen molar-refractivity contribution in [3.8, 4) is 0 Å². The molecule has 1 fully saturated rings. The molecule has 1 atom stereocenters. The van der Waals surface area contributed by atoms with Crippen molar-refractivity contribution in [2.45, 2.75) is 51.9 Å². The molecule has 0 bridgehead atoms. The minimum absolute atomic E-state index is 0. The average molecular weight is 404 g/mol. The number of rotatable bonds is 7. The second-order valence-corrected chi connectivity index (χ2v) is 7.85. The molecule has 1 amide bonds. The summed E-state index contributed by atoms with van der Waals surface area (Å²) in [5.41, 5.74) is 8.05. The number of thiazole rings is 1. The van der Waals surface area contributed by atoms with Gasteiger partial charge in [-0.05, 0) is 30.0 Å². The Balaban J connectivity index is 0.00000280. The highest BCUT2D eigenvalue weighted by atomic mass is 32.1. The van der Waals surface area contributed by atoms with Crippen LogP contribution < -0.4 is 11.1 Å². The Morgan fingerprint density at radius 3 is 2.61 bits per heavy atom. The first-order chi connectivity index (χ1) is 13.0. The minimum atomic E-state index is -0.348. The summed E-state index contributed by atoms with van der Waals surface area (Å²) in [7, 11) is 1.34. The highest BCUT2D eigenvalue weighted by molar-refractivity contribution is 7.13. The van der Waals surface area contributed by atoms with E-state index in [0.29, 0.717) is 22.4 Å². The lowest BCUT2D eigenvalue weighted by Gasteiger charge is -2.20. The maximum Gasteiger partial charge on any atom is 0.311 e. The number of nitrogens with zero attached hydrogens (tertiary/aromatic N) is 1. The van der Waals surface area contributed by atoms with Gasteiger partial charge in [-0.15, -0.1) is 11.3 Å². The molecular formula is C21H29N3O3S. The number of benzene rings is 1. The zero-order valence-electron chi connectivity index (χ0n) is 15.4. The van der Waals surface area contributed by atoms with Gasteiger partial charge in [-0.2, -0.15) is 0 Å². The van der Waals surface area contributed by atoms with Crippen LogP contribution in [0.3, 0.4) is 0 Å². The van der Waals surface area contributed by atoms with E-state index in [-0.39, 0.29) is 31.6 Å². The average Bonchev–Trinajstić information content (AvgIpc) is 3.32. The van der Waals surface area contributed by atoms with Crippen LogP contribution in [0, 0.1) is 5.92 Å². The van der Waals surface area contributed by atoms with Crippen LogP contribution in [-0.2, 0) is 20.7 Å². The summed E-state index contributed by atoms with van der Waals surface area (Å²) < 4.78 is 4.65. The first-order valence-corrected chi connectivity index (χ1v) is 10.1. The van der Waals surface area contributed by atoms with E-state index >= 15 is 0 Å². The van der Waals surface area contributed by atoms with Crippen LogP contribution in [0.5, 0.6) is 0 Å². The summed E-state index contributed by atoms with van der Waals surface area (Å²) in [6.45, 7) is 0. The summed E-state index contributed by atoms with van der Waals surface area (Å²) in [5.74, 6) is -0.0732. The molecule has 3 rings (SSSR count). The van der Waals surface area contributed by atoms with Gasteiger partial charge in [-0.1, -0.05) is 45.2 Å². The summed E-state index contributed by atoms with van der Waals surface area (Å²) in [4.78, 5) is 28.7. The van der Waals surface area contributed by atoms with Gasteiger partial charge in [0.1, 0.15) is 0 Å². The molecule has 7 heteroatoms. The Bertz CT molecular complexity index is 782. The van der Waals surface area contributed by atoms with E-state index in [1.807, 2.05) is 24.3 Å². The van der Waals surface area contributed by atoms with E-state index < -0.39 is 0 Å². The van der Waals surface area contributed by atoms with E-state index in [2.05, 4.69) is 15.0 Å². The number of esters is 1. The van der Waals surface area contributed by atoms with Gasteiger partial charge in [0.05, 0.1) is 25.1 Å². The van der Waals surface area contributed by atoms with Crippen molar-refractivity contribution < 1.29 is 14.3 Å². The number of hydrogen-bond donors (Lipinski definition) is 2. The SMILES string of the molecule is C.COC(=O)Cc1csc(NC(=O)C(CC2CCCC2)c2ccc(N)cc2)n1. The lowest BCUT2D eigenvalue weighted by Crippen LogP contribution is -2.23. The molecular weight excluding hydrogens is 374 g/mol. The second kappa shape index (κ2) is 10.2. The number of ether oxygens (including phenoxy) is 1.